The maximum Gasteiger partial charge on any atom is 0.379 e. The fraction of sp³-hybridized carbons (Fsp3) is 0.500. The van der Waals surface area contributed by atoms with Crippen LogP contribution < -0.4 is 0 Å². The second-order valence-corrected chi connectivity index (χ2v) is 10.4. The van der Waals surface area contributed by atoms with Gasteiger partial charge in [-0.3, -0.25) is 14.4 Å². The molecule has 6 nitrogen and oxygen atoms in total. The number of allylic oxidation sites excluding steroid dienone is 2. The van der Waals surface area contributed by atoms with Crippen LogP contribution in [0.15, 0.2) is 53.6 Å². The van der Waals surface area contributed by atoms with E-state index in [9.17, 15) is 24.3 Å². The predicted octanol–water partition coefficient (Wildman–Crippen LogP) is 4.41. The Balaban J connectivity index is 1.97. The minimum Gasteiger partial charge on any atom is -0.455 e. The molecule has 182 valence electrons. The van der Waals surface area contributed by atoms with E-state index in [-0.39, 0.29) is 23.7 Å². The fourth-order valence-corrected chi connectivity index (χ4v) is 4.91. The molecule has 1 saturated carbocycles. The van der Waals surface area contributed by atoms with Crippen LogP contribution in [0, 0.1) is 17.3 Å². The van der Waals surface area contributed by atoms with E-state index < -0.39 is 40.6 Å². The van der Waals surface area contributed by atoms with Crippen LogP contribution >= 0.6 is 0 Å². The van der Waals surface area contributed by atoms with Crippen molar-refractivity contribution in [3.8, 4) is 0 Å². The molecule has 4 atom stereocenters. The molecule has 3 rings (SSSR count). The molecule has 0 radical (unpaired) electrons. The number of ether oxygens (including phenoxy) is 1. The number of hydrogen-bond acceptors (Lipinski definition) is 6. The first-order valence-corrected chi connectivity index (χ1v) is 11.8. The van der Waals surface area contributed by atoms with Gasteiger partial charge in [0.2, 0.25) is 0 Å². The molecule has 1 aromatic rings. The third-order valence-corrected chi connectivity index (χ3v) is 7.20. The van der Waals surface area contributed by atoms with Gasteiger partial charge in [-0.25, -0.2) is 4.79 Å². The zero-order chi connectivity index (χ0) is 25.3. The molecule has 2 aliphatic rings. The second kappa shape index (κ2) is 9.79. The van der Waals surface area contributed by atoms with E-state index in [1.165, 1.54) is 12.1 Å². The van der Waals surface area contributed by atoms with Crippen molar-refractivity contribution in [1.29, 1.82) is 0 Å². The van der Waals surface area contributed by atoms with Gasteiger partial charge >= 0.3 is 5.97 Å². The Kier molecular flexibility index (Phi) is 7.41. The quantitative estimate of drug-likeness (QED) is 0.307. The van der Waals surface area contributed by atoms with Gasteiger partial charge in [0.15, 0.2) is 5.78 Å². The Morgan fingerprint density at radius 1 is 1.06 bits per heavy atom. The molecule has 0 heterocycles. The lowest BCUT2D eigenvalue weighted by molar-refractivity contribution is -0.150. The van der Waals surface area contributed by atoms with Gasteiger partial charge in [0.25, 0.3) is 5.78 Å². The number of hydrogen-bond donors (Lipinski definition) is 1. The van der Waals surface area contributed by atoms with Crippen molar-refractivity contribution in [2.24, 2.45) is 17.3 Å². The van der Waals surface area contributed by atoms with E-state index >= 15 is 0 Å². The first-order chi connectivity index (χ1) is 15.9. The summed E-state index contributed by atoms with van der Waals surface area (Å²) in [5.74, 6) is -3.30. The van der Waals surface area contributed by atoms with Crippen LogP contribution in [0.3, 0.4) is 0 Å². The summed E-state index contributed by atoms with van der Waals surface area (Å²) in [6.07, 6.45) is 3.93. The average Bonchev–Trinajstić information content (AvgIpc) is 3.04. The monoisotopic (exact) mass is 466 g/mol. The SMILES string of the molecule is C/C1=C\[C@H]2[C@H](OC(=O)C(=O)c3ccccc3)[C@@H](C)C[C@]2(O)C(=O)/C(C)=C/CC(C)(C)C(=O)CC1. The minimum absolute atomic E-state index is 0.101. The van der Waals surface area contributed by atoms with Gasteiger partial charge in [0.1, 0.15) is 17.5 Å². The van der Waals surface area contributed by atoms with Crippen LogP contribution in [0.25, 0.3) is 0 Å². The highest BCUT2D eigenvalue weighted by atomic mass is 16.6. The Hall–Kier alpha value is -2.86. The summed E-state index contributed by atoms with van der Waals surface area (Å²) >= 11 is 0. The third-order valence-electron chi connectivity index (χ3n) is 7.20. The molecule has 2 aliphatic carbocycles. The maximum absolute atomic E-state index is 13.5. The number of rotatable bonds is 3. The molecule has 0 aromatic heterocycles. The Labute approximate surface area is 201 Å². The summed E-state index contributed by atoms with van der Waals surface area (Å²) in [6, 6.07) is 8.13. The van der Waals surface area contributed by atoms with E-state index in [4.69, 9.17) is 4.74 Å². The topological polar surface area (TPSA) is 97.7 Å². The molecule has 0 saturated heterocycles. The highest BCUT2D eigenvalue weighted by Crippen LogP contribution is 2.45. The fourth-order valence-electron chi connectivity index (χ4n) is 4.91. The van der Waals surface area contributed by atoms with Crippen molar-refractivity contribution in [1.82, 2.24) is 0 Å². The molecule has 0 unspecified atom stereocenters. The Morgan fingerprint density at radius 3 is 2.35 bits per heavy atom. The Morgan fingerprint density at radius 2 is 1.71 bits per heavy atom. The molecule has 1 fully saturated rings. The van der Waals surface area contributed by atoms with Crippen LogP contribution in [0.5, 0.6) is 0 Å². The zero-order valence-electron chi connectivity index (χ0n) is 20.6. The molecular weight excluding hydrogens is 432 g/mol. The van der Waals surface area contributed by atoms with Gasteiger partial charge in [-0.05, 0) is 44.6 Å². The zero-order valence-corrected chi connectivity index (χ0v) is 20.6. The van der Waals surface area contributed by atoms with Gasteiger partial charge in [-0.15, -0.1) is 0 Å². The molecule has 1 N–H and O–H groups in total. The van der Waals surface area contributed by atoms with Crippen LogP contribution in [-0.4, -0.2) is 40.1 Å². The van der Waals surface area contributed by atoms with E-state index in [0.717, 1.165) is 5.57 Å². The summed E-state index contributed by atoms with van der Waals surface area (Å²) in [5, 5.41) is 11.7. The summed E-state index contributed by atoms with van der Waals surface area (Å²) in [5.41, 5.74) is -0.960. The van der Waals surface area contributed by atoms with E-state index in [1.807, 2.05) is 20.8 Å². The molecule has 0 amide bonds. The number of Topliss-reactive ketones (excluding diaryl/α,β-unsaturated/α-hetero) is 3. The molecule has 0 aliphatic heterocycles. The lowest BCUT2D eigenvalue weighted by atomic mass is 9.77. The normalized spacial score (nSPS) is 32.8. The number of carbonyl (C=O) groups excluding carboxylic acids is 4. The molecule has 0 spiro atoms. The molecular formula is C28H34O6. The minimum atomic E-state index is -1.77. The van der Waals surface area contributed by atoms with Gasteiger partial charge in [-0.2, -0.15) is 0 Å². The maximum atomic E-state index is 13.5. The van der Waals surface area contributed by atoms with E-state index in [1.54, 1.807) is 44.2 Å². The van der Waals surface area contributed by atoms with Gasteiger partial charge < -0.3 is 9.84 Å². The van der Waals surface area contributed by atoms with Crippen molar-refractivity contribution in [3.63, 3.8) is 0 Å². The standard InChI is InChI=1S/C28H34O6/c1-17-11-12-22(29)27(4,5)14-13-18(2)25(31)28(33)16-19(3)24(21(28)15-17)34-26(32)23(30)20-9-7-6-8-10-20/h6-10,13,15,19,21,24,33H,11-12,14,16H2,1-5H3/b17-15+,18-13+/t19-,21-,24+,28+/m0/s1. The first kappa shape index (κ1) is 25.8. The highest BCUT2D eigenvalue weighted by Gasteiger charge is 2.56. The first-order valence-electron chi connectivity index (χ1n) is 11.8. The lowest BCUT2D eigenvalue weighted by Crippen LogP contribution is -2.45. The smallest absolute Gasteiger partial charge is 0.379 e. The second-order valence-electron chi connectivity index (χ2n) is 10.4. The van der Waals surface area contributed by atoms with E-state index in [2.05, 4.69) is 0 Å². The van der Waals surface area contributed by atoms with Crippen LogP contribution in [0.2, 0.25) is 0 Å². The molecule has 1 aromatic carbocycles. The predicted molar refractivity (Wildman–Crippen MR) is 128 cm³/mol. The van der Waals surface area contributed by atoms with Crippen molar-refractivity contribution in [2.45, 2.75) is 72.0 Å². The number of fused-ring (bicyclic) bond motifs is 1. The number of ketones is 3. The van der Waals surface area contributed by atoms with Gasteiger partial charge in [-0.1, -0.05) is 68.8 Å². The molecule has 34 heavy (non-hydrogen) atoms. The summed E-state index contributed by atoms with van der Waals surface area (Å²) in [7, 11) is 0. The third kappa shape index (κ3) is 5.12. The molecule has 6 heteroatoms. The average molecular weight is 467 g/mol. The van der Waals surface area contributed by atoms with Crippen molar-refractivity contribution >= 4 is 23.3 Å². The van der Waals surface area contributed by atoms with Gasteiger partial charge in [0.05, 0.1) is 5.92 Å². The van der Waals surface area contributed by atoms with Crippen molar-refractivity contribution < 1.29 is 29.0 Å². The summed E-state index contributed by atoms with van der Waals surface area (Å²) in [6.45, 7) is 9.02. The largest absolute Gasteiger partial charge is 0.455 e. The van der Waals surface area contributed by atoms with Crippen LogP contribution in [0.1, 0.15) is 70.7 Å². The van der Waals surface area contributed by atoms with Crippen molar-refractivity contribution in [3.05, 3.63) is 59.2 Å². The summed E-state index contributed by atoms with van der Waals surface area (Å²) in [4.78, 5) is 51.5. The van der Waals surface area contributed by atoms with Gasteiger partial charge in [0, 0.05) is 17.4 Å². The van der Waals surface area contributed by atoms with Crippen LogP contribution in [0.4, 0.5) is 0 Å². The molecule has 0 bridgehead atoms. The number of carbonyl (C=O) groups is 4. The number of aliphatic hydroxyl groups is 1. The highest BCUT2D eigenvalue weighted by molar-refractivity contribution is 6.40. The number of esters is 1. The lowest BCUT2D eigenvalue weighted by Gasteiger charge is -2.31. The Bertz CT molecular complexity index is 1050. The van der Waals surface area contributed by atoms with E-state index in [0.29, 0.717) is 24.8 Å². The van der Waals surface area contributed by atoms with Crippen molar-refractivity contribution in [2.75, 3.05) is 0 Å². The van der Waals surface area contributed by atoms with Crippen LogP contribution in [-0.2, 0) is 19.1 Å². The number of benzene rings is 1. The summed E-state index contributed by atoms with van der Waals surface area (Å²) < 4.78 is 5.65.